The van der Waals surface area contributed by atoms with E-state index < -0.39 is 10.1 Å². The Kier molecular flexibility index (Phi) is 10.1. The Morgan fingerprint density at radius 2 is 1.50 bits per heavy atom. The minimum absolute atomic E-state index is 0.0826. The van der Waals surface area contributed by atoms with Gasteiger partial charge < -0.3 is 4.74 Å². The van der Waals surface area contributed by atoms with E-state index in [0.29, 0.717) is 12.4 Å². The van der Waals surface area contributed by atoms with E-state index >= 15 is 0 Å². The van der Waals surface area contributed by atoms with Crippen LogP contribution in [0.15, 0.2) is 17.0 Å². The van der Waals surface area contributed by atoms with E-state index in [1.165, 1.54) is 31.4 Å². The van der Waals surface area contributed by atoms with Gasteiger partial charge in [-0.05, 0) is 43.5 Å². The van der Waals surface area contributed by atoms with Gasteiger partial charge >= 0.3 is 0 Å². The molecular formula is C17H30O4S. The van der Waals surface area contributed by atoms with Gasteiger partial charge in [0.25, 0.3) is 10.1 Å². The lowest BCUT2D eigenvalue weighted by molar-refractivity contribution is 0.301. The van der Waals surface area contributed by atoms with Crippen molar-refractivity contribution in [3.63, 3.8) is 0 Å². The summed E-state index contributed by atoms with van der Waals surface area (Å²) >= 11 is 0. The van der Waals surface area contributed by atoms with Crippen molar-refractivity contribution in [1.29, 1.82) is 0 Å². The fourth-order valence-corrected chi connectivity index (χ4v) is 2.64. The van der Waals surface area contributed by atoms with Crippen molar-refractivity contribution >= 4 is 10.1 Å². The molecule has 5 heteroatoms. The molecule has 1 aromatic carbocycles. The topological polar surface area (TPSA) is 63.6 Å². The number of unbranched alkanes of at least 4 members (excludes halogenated alkanes) is 3. The minimum Gasteiger partial charge on any atom is -0.493 e. The summed E-state index contributed by atoms with van der Waals surface area (Å²) < 4.78 is 36.9. The van der Waals surface area contributed by atoms with Crippen LogP contribution in [0.25, 0.3) is 0 Å². The second-order valence-corrected chi connectivity index (χ2v) is 6.90. The van der Waals surface area contributed by atoms with Crippen LogP contribution in [0, 0.1) is 13.8 Å². The largest absolute Gasteiger partial charge is 0.493 e. The molecular weight excluding hydrogens is 300 g/mol. The molecule has 1 N–H and O–H groups in total. The predicted molar refractivity (Wildman–Crippen MR) is 91.3 cm³/mol. The van der Waals surface area contributed by atoms with Crippen molar-refractivity contribution in [2.24, 2.45) is 0 Å². The van der Waals surface area contributed by atoms with Gasteiger partial charge in [-0.15, -0.1) is 0 Å². The van der Waals surface area contributed by atoms with Crippen LogP contribution in [-0.4, -0.2) is 19.6 Å². The van der Waals surface area contributed by atoms with Crippen molar-refractivity contribution in [3.8, 4) is 5.75 Å². The predicted octanol–water partition coefficient (Wildman–Crippen LogP) is 4.93. The zero-order chi connectivity index (χ0) is 17.2. The van der Waals surface area contributed by atoms with Gasteiger partial charge in [0.15, 0.2) is 0 Å². The number of rotatable bonds is 7. The molecule has 1 rings (SSSR count). The molecule has 0 amide bonds. The lowest BCUT2D eigenvalue weighted by Crippen LogP contribution is -2.04. The zero-order valence-corrected chi connectivity index (χ0v) is 15.3. The summed E-state index contributed by atoms with van der Waals surface area (Å²) in [6, 6.07) is 2.87. The highest BCUT2D eigenvalue weighted by atomic mass is 32.2. The van der Waals surface area contributed by atoms with Crippen LogP contribution in [0.5, 0.6) is 5.75 Å². The normalized spacial score (nSPS) is 10.8. The summed E-state index contributed by atoms with van der Waals surface area (Å²) in [7, 11) is -4.15. The van der Waals surface area contributed by atoms with Crippen LogP contribution in [0.3, 0.4) is 0 Å². The minimum atomic E-state index is -4.15. The molecule has 0 unspecified atom stereocenters. The molecule has 0 saturated heterocycles. The molecule has 0 saturated carbocycles. The second-order valence-electron chi connectivity index (χ2n) is 5.48. The second kappa shape index (κ2) is 10.6. The molecule has 0 atom stereocenters. The summed E-state index contributed by atoms with van der Waals surface area (Å²) in [4.78, 5) is -0.0826. The molecule has 0 fully saturated rings. The highest BCUT2D eigenvalue weighted by Gasteiger charge is 2.14. The number of hydrogen-bond donors (Lipinski definition) is 1. The molecule has 22 heavy (non-hydrogen) atoms. The first kappa shape index (κ1) is 20.9. The van der Waals surface area contributed by atoms with Gasteiger partial charge in [-0.3, -0.25) is 4.55 Å². The fourth-order valence-electron chi connectivity index (χ4n) is 1.99. The average Bonchev–Trinajstić information content (AvgIpc) is 2.40. The summed E-state index contributed by atoms with van der Waals surface area (Å²) in [5.74, 6) is 0.712. The maximum absolute atomic E-state index is 11.1. The number of ether oxygens (including phenoxy) is 1. The molecule has 0 radical (unpaired) electrons. The lowest BCUT2D eigenvalue weighted by atomic mass is 10.1. The standard InChI is InChI=1S/C14H22O4S.C3H8/c1-4-5-6-7-8-18-14-11(2)9-13(10-12(14)3)19(15,16)17;1-3-2/h9-10H,4-8H2,1-3H3,(H,15,16,17);3H2,1-2H3. The van der Waals surface area contributed by atoms with Crippen molar-refractivity contribution in [1.82, 2.24) is 0 Å². The molecule has 0 spiro atoms. The van der Waals surface area contributed by atoms with E-state index in [-0.39, 0.29) is 4.90 Å². The van der Waals surface area contributed by atoms with Crippen LogP contribution >= 0.6 is 0 Å². The number of benzene rings is 1. The van der Waals surface area contributed by atoms with E-state index in [4.69, 9.17) is 9.29 Å². The van der Waals surface area contributed by atoms with Gasteiger partial charge in [0.05, 0.1) is 11.5 Å². The van der Waals surface area contributed by atoms with Crippen LogP contribution < -0.4 is 4.74 Å². The Morgan fingerprint density at radius 1 is 1.00 bits per heavy atom. The van der Waals surface area contributed by atoms with Crippen LogP contribution in [0.1, 0.15) is 64.0 Å². The van der Waals surface area contributed by atoms with Crippen molar-refractivity contribution in [2.75, 3.05) is 6.61 Å². The highest BCUT2D eigenvalue weighted by Crippen LogP contribution is 2.27. The average molecular weight is 330 g/mol. The third-order valence-electron chi connectivity index (χ3n) is 2.98. The van der Waals surface area contributed by atoms with Gasteiger partial charge in [-0.25, -0.2) is 0 Å². The monoisotopic (exact) mass is 330 g/mol. The van der Waals surface area contributed by atoms with Crippen molar-refractivity contribution in [3.05, 3.63) is 23.3 Å². The van der Waals surface area contributed by atoms with Crippen molar-refractivity contribution in [2.45, 2.75) is 71.6 Å². The Morgan fingerprint density at radius 3 is 1.91 bits per heavy atom. The maximum atomic E-state index is 11.1. The Hall–Kier alpha value is -1.07. The number of hydrogen-bond acceptors (Lipinski definition) is 3. The molecule has 1 aromatic rings. The first-order chi connectivity index (χ1) is 10.3. The third kappa shape index (κ3) is 7.80. The molecule has 0 aliphatic carbocycles. The molecule has 0 aliphatic heterocycles. The summed E-state index contributed by atoms with van der Waals surface area (Å²) in [5.41, 5.74) is 1.45. The van der Waals surface area contributed by atoms with Gasteiger partial charge in [0.2, 0.25) is 0 Å². The summed E-state index contributed by atoms with van der Waals surface area (Å²) in [6.07, 6.45) is 5.76. The molecule has 0 aliphatic rings. The van der Waals surface area contributed by atoms with Gasteiger partial charge in [0, 0.05) is 0 Å². The van der Waals surface area contributed by atoms with Crippen LogP contribution in [0.2, 0.25) is 0 Å². The van der Waals surface area contributed by atoms with Gasteiger partial charge in [0.1, 0.15) is 5.75 Å². The summed E-state index contributed by atoms with van der Waals surface area (Å²) in [6.45, 7) is 10.6. The lowest BCUT2D eigenvalue weighted by Gasteiger charge is -2.13. The molecule has 128 valence electrons. The first-order valence-electron chi connectivity index (χ1n) is 7.99. The van der Waals surface area contributed by atoms with E-state index in [9.17, 15) is 8.42 Å². The summed E-state index contributed by atoms with van der Waals surface area (Å²) in [5, 5.41) is 0. The third-order valence-corrected chi connectivity index (χ3v) is 3.81. The highest BCUT2D eigenvalue weighted by molar-refractivity contribution is 7.85. The maximum Gasteiger partial charge on any atom is 0.294 e. The molecule has 0 bridgehead atoms. The number of aryl methyl sites for hydroxylation is 2. The van der Waals surface area contributed by atoms with E-state index in [2.05, 4.69) is 20.8 Å². The van der Waals surface area contributed by atoms with E-state index in [1.807, 2.05) is 0 Å². The van der Waals surface area contributed by atoms with E-state index in [0.717, 1.165) is 24.0 Å². The van der Waals surface area contributed by atoms with Gasteiger partial charge in [-0.2, -0.15) is 8.42 Å². The molecule has 4 nitrogen and oxygen atoms in total. The smallest absolute Gasteiger partial charge is 0.294 e. The zero-order valence-electron chi connectivity index (χ0n) is 14.5. The molecule has 0 heterocycles. The van der Waals surface area contributed by atoms with Gasteiger partial charge in [-0.1, -0.05) is 46.5 Å². The Bertz CT molecular complexity index is 513. The van der Waals surface area contributed by atoms with Crippen LogP contribution in [-0.2, 0) is 10.1 Å². The van der Waals surface area contributed by atoms with E-state index in [1.54, 1.807) is 13.8 Å². The fraction of sp³-hybridized carbons (Fsp3) is 0.647. The Balaban J connectivity index is 0.00000135. The van der Waals surface area contributed by atoms with Crippen LogP contribution in [0.4, 0.5) is 0 Å². The quantitative estimate of drug-likeness (QED) is 0.569. The Labute approximate surface area is 135 Å². The molecule has 0 aromatic heterocycles. The first-order valence-corrected chi connectivity index (χ1v) is 9.43. The SMILES string of the molecule is CCC.CCCCCCOc1c(C)cc(S(=O)(=O)O)cc1C. The van der Waals surface area contributed by atoms with Crippen molar-refractivity contribution < 1.29 is 17.7 Å².